The molecule has 1 aliphatic carbocycles. The maximum Gasteiger partial charge on any atom is 0.203 e. The van der Waals surface area contributed by atoms with Crippen LogP contribution in [0.5, 0.6) is 0 Å². The van der Waals surface area contributed by atoms with Crippen molar-refractivity contribution < 1.29 is 4.74 Å². The summed E-state index contributed by atoms with van der Waals surface area (Å²) < 4.78 is 7.82. The Labute approximate surface area is 96.0 Å². The summed E-state index contributed by atoms with van der Waals surface area (Å²) >= 11 is 0. The van der Waals surface area contributed by atoms with Crippen LogP contribution in [0.2, 0.25) is 0 Å². The van der Waals surface area contributed by atoms with E-state index in [1.807, 2.05) is 0 Å². The van der Waals surface area contributed by atoms with Crippen molar-refractivity contribution in [2.75, 3.05) is 18.5 Å². The first kappa shape index (κ1) is 10.1. The number of hydrogen-bond donors (Lipinski definition) is 1. The molecular formula is C12H19N3O. The molecule has 1 aromatic rings. The molecule has 4 heteroatoms. The molecule has 0 radical (unpaired) electrons. The lowest BCUT2D eigenvalue weighted by Gasteiger charge is -2.25. The SMILES string of the molecule is Cc1cn(C2CCCOC2)c(NC2CC2)n1. The monoisotopic (exact) mass is 221 g/mol. The third-order valence-corrected chi connectivity index (χ3v) is 3.29. The number of rotatable bonds is 3. The van der Waals surface area contributed by atoms with Gasteiger partial charge in [-0.05, 0) is 32.6 Å². The lowest BCUT2D eigenvalue weighted by molar-refractivity contribution is 0.0598. The highest BCUT2D eigenvalue weighted by Gasteiger charge is 2.25. The molecule has 2 aliphatic rings. The van der Waals surface area contributed by atoms with Gasteiger partial charge in [-0.2, -0.15) is 0 Å². The van der Waals surface area contributed by atoms with Gasteiger partial charge in [-0.3, -0.25) is 0 Å². The Morgan fingerprint density at radius 2 is 2.31 bits per heavy atom. The van der Waals surface area contributed by atoms with Crippen LogP contribution < -0.4 is 5.32 Å². The molecule has 0 aromatic carbocycles. The summed E-state index contributed by atoms with van der Waals surface area (Å²) in [5.74, 6) is 1.04. The van der Waals surface area contributed by atoms with Crippen molar-refractivity contribution in [3.8, 4) is 0 Å². The van der Waals surface area contributed by atoms with E-state index in [4.69, 9.17) is 4.74 Å². The molecule has 1 unspecified atom stereocenters. The molecular weight excluding hydrogens is 202 g/mol. The lowest BCUT2D eigenvalue weighted by atomic mass is 10.1. The summed E-state index contributed by atoms with van der Waals surface area (Å²) in [4.78, 5) is 4.56. The highest BCUT2D eigenvalue weighted by atomic mass is 16.5. The standard InChI is InChI=1S/C12H19N3O/c1-9-7-15(11-3-2-6-16-8-11)12(13-9)14-10-4-5-10/h7,10-11H,2-6,8H2,1H3,(H,13,14). The van der Waals surface area contributed by atoms with E-state index in [9.17, 15) is 0 Å². The molecule has 1 atom stereocenters. The van der Waals surface area contributed by atoms with Gasteiger partial charge >= 0.3 is 0 Å². The Morgan fingerprint density at radius 3 is 3.00 bits per heavy atom. The second-order valence-corrected chi connectivity index (χ2v) is 4.90. The van der Waals surface area contributed by atoms with Crippen molar-refractivity contribution in [1.29, 1.82) is 0 Å². The van der Waals surface area contributed by atoms with Gasteiger partial charge in [0.15, 0.2) is 0 Å². The largest absolute Gasteiger partial charge is 0.379 e. The van der Waals surface area contributed by atoms with E-state index in [-0.39, 0.29) is 0 Å². The van der Waals surface area contributed by atoms with Crippen LogP contribution in [-0.4, -0.2) is 28.8 Å². The van der Waals surface area contributed by atoms with E-state index in [1.165, 1.54) is 19.3 Å². The summed E-state index contributed by atoms with van der Waals surface area (Å²) in [7, 11) is 0. The zero-order chi connectivity index (χ0) is 11.0. The Balaban J connectivity index is 1.79. The second kappa shape index (κ2) is 4.09. The number of ether oxygens (including phenoxy) is 1. The number of aromatic nitrogens is 2. The number of hydrogen-bond acceptors (Lipinski definition) is 3. The summed E-state index contributed by atoms with van der Waals surface area (Å²) in [6.07, 6.45) is 7.07. The average Bonchev–Trinajstić information content (AvgIpc) is 3.03. The number of imidazole rings is 1. The van der Waals surface area contributed by atoms with Crippen molar-refractivity contribution in [2.45, 2.75) is 44.7 Å². The van der Waals surface area contributed by atoms with Gasteiger partial charge in [-0.15, -0.1) is 0 Å². The minimum Gasteiger partial charge on any atom is -0.379 e. The van der Waals surface area contributed by atoms with Crippen LogP contribution in [-0.2, 0) is 4.74 Å². The van der Waals surface area contributed by atoms with E-state index in [2.05, 4.69) is 28.0 Å². The molecule has 1 N–H and O–H groups in total. The maximum absolute atomic E-state index is 5.54. The van der Waals surface area contributed by atoms with Crippen LogP contribution in [0.1, 0.15) is 37.4 Å². The van der Waals surface area contributed by atoms with E-state index in [0.717, 1.165) is 31.3 Å². The summed E-state index contributed by atoms with van der Waals surface area (Å²) in [6, 6.07) is 1.13. The third kappa shape index (κ3) is 2.07. The van der Waals surface area contributed by atoms with E-state index < -0.39 is 0 Å². The number of anilines is 1. The zero-order valence-corrected chi connectivity index (χ0v) is 9.78. The van der Waals surface area contributed by atoms with Gasteiger partial charge in [0.05, 0.1) is 18.3 Å². The maximum atomic E-state index is 5.54. The van der Waals surface area contributed by atoms with Crippen LogP contribution >= 0.6 is 0 Å². The van der Waals surface area contributed by atoms with E-state index >= 15 is 0 Å². The summed E-state index contributed by atoms with van der Waals surface area (Å²) in [5.41, 5.74) is 1.09. The topological polar surface area (TPSA) is 39.1 Å². The van der Waals surface area contributed by atoms with Gasteiger partial charge in [-0.1, -0.05) is 0 Å². The minimum atomic E-state index is 0.469. The fourth-order valence-electron chi connectivity index (χ4n) is 2.25. The molecule has 16 heavy (non-hydrogen) atoms. The van der Waals surface area contributed by atoms with Crippen LogP contribution in [0, 0.1) is 6.92 Å². The Morgan fingerprint density at radius 1 is 1.44 bits per heavy atom. The Bertz CT molecular complexity index is 364. The van der Waals surface area contributed by atoms with Crippen molar-refractivity contribution in [3.63, 3.8) is 0 Å². The van der Waals surface area contributed by atoms with Gasteiger partial charge in [-0.25, -0.2) is 4.98 Å². The molecule has 1 aromatic heterocycles. The highest BCUT2D eigenvalue weighted by molar-refractivity contribution is 5.32. The molecule has 1 saturated carbocycles. The number of aryl methyl sites for hydroxylation is 1. The van der Waals surface area contributed by atoms with Crippen molar-refractivity contribution in [1.82, 2.24) is 9.55 Å². The zero-order valence-electron chi connectivity index (χ0n) is 9.78. The predicted octanol–water partition coefficient (Wildman–Crippen LogP) is 2.12. The fourth-order valence-corrected chi connectivity index (χ4v) is 2.25. The number of nitrogens with one attached hydrogen (secondary N) is 1. The molecule has 88 valence electrons. The normalized spacial score (nSPS) is 25.7. The molecule has 0 bridgehead atoms. The minimum absolute atomic E-state index is 0.469. The van der Waals surface area contributed by atoms with Crippen LogP contribution in [0.25, 0.3) is 0 Å². The van der Waals surface area contributed by atoms with Crippen molar-refractivity contribution in [3.05, 3.63) is 11.9 Å². The molecule has 3 rings (SSSR count). The van der Waals surface area contributed by atoms with Gasteiger partial charge in [0.2, 0.25) is 5.95 Å². The first-order chi connectivity index (χ1) is 7.83. The van der Waals surface area contributed by atoms with Gasteiger partial charge in [0, 0.05) is 18.8 Å². The Hall–Kier alpha value is -1.03. The van der Waals surface area contributed by atoms with Crippen molar-refractivity contribution in [2.24, 2.45) is 0 Å². The van der Waals surface area contributed by atoms with Crippen LogP contribution in [0.15, 0.2) is 6.20 Å². The molecule has 2 fully saturated rings. The average molecular weight is 221 g/mol. The quantitative estimate of drug-likeness (QED) is 0.849. The summed E-state index contributed by atoms with van der Waals surface area (Å²) in [6.45, 7) is 3.79. The molecule has 2 heterocycles. The van der Waals surface area contributed by atoms with Crippen LogP contribution in [0.3, 0.4) is 0 Å². The Kier molecular flexibility index (Phi) is 2.59. The molecule has 1 aliphatic heterocycles. The third-order valence-electron chi connectivity index (χ3n) is 3.29. The number of nitrogens with zero attached hydrogens (tertiary/aromatic N) is 2. The second-order valence-electron chi connectivity index (χ2n) is 4.90. The summed E-state index contributed by atoms with van der Waals surface area (Å²) in [5, 5.41) is 3.50. The molecule has 4 nitrogen and oxygen atoms in total. The molecule has 0 spiro atoms. The van der Waals surface area contributed by atoms with Gasteiger partial charge < -0.3 is 14.6 Å². The first-order valence-corrected chi connectivity index (χ1v) is 6.22. The highest BCUT2D eigenvalue weighted by Crippen LogP contribution is 2.28. The van der Waals surface area contributed by atoms with Gasteiger partial charge in [0.1, 0.15) is 0 Å². The predicted molar refractivity (Wildman–Crippen MR) is 62.7 cm³/mol. The van der Waals surface area contributed by atoms with Crippen molar-refractivity contribution >= 4 is 5.95 Å². The molecule has 1 saturated heterocycles. The first-order valence-electron chi connectivity index (χ1n) is 6.22. The molecule has 0 amide bonds. The van der Waals surface area contributed by atoms with E-state index in [0.29, 0.717) is 12.1 Å². The van der Waals surface area contributed by atoms with Gasteiger partial charge in [0.25, 0.3) is 0 Å². The van der Waals surface area contributed by atoms with Crippen LogP contribution in [0.4, 0.5) is 5.95 Å². The fraction of sp³-hybridized carbons (Fsp3) is 0.750. The van der Waals surface area contributed by atoms with E-state index in [1.54, 1.807) is 0 Å². The lowest BCUT2D eigenvalue weighted by Crippen LogP contribution is -2.22. The smallest absolute Gasteiger partial charge is 0.203 e.